The summed E-state index contributed by atoms with van der Waals surface area (Å²) in [6, 6.07) is 4.89. The summed E-state index contributed by atoms with van der Waals surface area (Å²) in [7, 11) is 0. The molecule has 0 amide bonds. The van der Waals surface area contributed by atoms with Crippen LogP contribution in [-0.4, -0.2) is 4.98 Å². The molecule has 1 aromatic heterocycles. The van der Waals surface area contributed by atoms with Crippen molar-refractivity contribution in [3.63, 3.8) is 0 Å². The van der Waals surface area contributed by atoms with Gasteiger partial charge in [0.2, 0.25) is 0 Å². The van der Waals surface area contributed by atoms with Crippen molar-refractivity contribution in [3.05, 3.63) is 47.7 Å². The summed E-state index contributed by atoms with van der Waals surface area (Å²) in [5.41, 5.74) is 2.13. The van der Waals surface area contributed by atoms with Gasteiger partial charge >= 0.3 is 12.4 Å². The van der Waals surface area contributed by atoms with E-state index in [9.17, 15) is 26.3 Å². The van der Waals surface area contributed by atoms with E-state index in [1.54, 1.807) is 0 Å². The summed E-state index contributed by atoms with van der Waals surface area (Å²) >= 11 is 0. The van der Waals surface area contributed by atoms with Crippen molar-refractivity contribution < 1.29 is 26.3 Å². The number of aromatic nitrogens is 1. The summed E-state index contributed by atoms with van der Waals surface area (Å²) in [6.45, 7) is 0. The SMILES string of the molecule is Nc1ncc(-c2ccccc2C(F)(F)F)cc1C(F)(F)F. The largest absolute Gasteiger partial charge is 0.419 e. The fourth-order valence-electron chi connectivity index (χ4n) is 1.83. The normalized spacial score (nSPS) is 12.5. The molecule has 21 heavy (non-hydrogen) atoms. The third-order valence-electron chi connectivity index (χ3n) is 2.77. The summed E-state index contributed by atoms with van der Waals surface area (Å²) in [5, 5.41) is 0. The van der Waals surface area contributed by atoms with Gasteiger partial charge in [0.25, 0.3) is 0 Å². The monoisotopic (exact) mass is 306 g/mol. The Bertz CT molecular complexity index is 660. The minimum Gasteiger partial charge on any atom is -0.383 e. The topological polar surface area (TPSA) is 38.9 Å². The molecule has 0 bridgehead atoms. The van der Waals surface area contributed by atoms with E-state index in [0.29, 0.717) is 6.07 Å². The van der Waals surface area contributed by atoms with Gasteiger partial charge in [-0.25, -0.2) is 4.98 Å². The van der Waals surface area contributed by atoms with E-state index in [1.807, 2.05) is 0 Å². The maximum Gasteiger partial charge on any atom is 0.419 e. The quantitative estimate of drug-likeness (QED) is 0.795. The lowest BCUT2D eigenvalue weighted by Crippen LogP contribution is -2.11. The minimum absolute atomic E-state index is 0.301. The molecular formula is C13H8F6N2. The summed E-state index contributed by atoms with van der Waals surface area (Å²) in [4.78, 5) is 3.34. The zero-order valence-corrected chi connectivity index (χ0v) is 10.3. The first-order valence-corrected chi connectivity index (χ1v) is 5.60. The van der Waals surface area contributed by atoms with Gasteiger partial charge in [0.05, 0.1) is 11.1 Å². The Hall–Kier alpha value is -2.25. The molecule has 1 heterocycles. The van der Waals surface area contributed by atoms with Gasteiger partial charge in [-0.05, 0) is 17.7 Å². The van der Waals surface area contributed by atoms with Gasteiger partial charge in [-0.15, -0.1) is 0 Å². The van der Waals surface area contributed by atoms with Crippen LogP contribution in [0.1, 0.15) is 11.1 Å². The second kappa shape index (κ2) is 4.94. The zero-order chi connectivity index (χ0) is 15.8. The predicted molar refractivity (Wildman–Crippen MR) is 64.1 cm³/mol. The molecule has 2 N–H and O–H groups in total. The molecule has 2 rings (SSSR count). The number of benzene rings is 1. The van der Waals surface area contributed by atoms with Crippen LogP contribution in [0.5, 0.6) is 0 Å². The first-order chi connectivity index (χ1) is 9.60. The zero-order valence-electron chi connectivity index (χ0n) is 10.3. The van der Waals surface area contributed by atoms with Gasteiger partial charge in [0.15, 0.2) is 0 Å². The molecule has 8 heteroatoms. The summed E-state index contributed by atoms with van der Waals surface area (Å²) < 4.78 is 76.9. The Morgan fingerprint density at radius 1 is 0.857 bits per heavy atom. The maximum absolute atomic E-state index is 12.9. The Labute approximate surface area is 115 Å². The molecule has 1 aromatic carbocycles. The minimum atomic E-state index is -4.79. The van der Waals surface area contributed by atoms with Crippen molar-refractivity contribution in [3.8, 4) is 11.1 Å². The lowest BCUT2D eigenvalue weighted by Gasteiger charge is -2.15. The molecule has 0 aliphatic rings. The van der Waals surface area contributed by atoms with Crippen molar-refractivity contribution in [1.82, 2.24) is 4.98 Å². The highest BCUT2D eigenvalue weighted by Gasteiger charge is 2.36. The van der Waals surface area contributed by atoms with Gasteiger partial charge in [-0.1, -0.05) is 18.2 Å². The molecule has 0 atom stereocenters. The van der Waals surface area contributed by atoms with Gasteiger partial charge in [0, 0.05) is 11.8 Å². The molecule has 0 spiro atoms. The molecule has 2 nitrogen and oxygen atoms in total. The molecule has 0 radical (unpaired) electrons. The molecule has 0 saturated carbocycles. The fraction of sp³-hybridized carbons (Fsp3) is 0.154. The highest BCUT2D eigenvalue weighted by Crippen LogP contribution is 2.39. The van der Waals surface area contributed by atoms with Gasteiger partial charge < -0.3 is 5.73 Å². The van der Waals surface area contributed by atoms with Crippen LogP contribution in [0.15, 0.2) is 36.5 Å². The van der Waals surface area contributed by atoms with Crippen LogP contribution in [0.25, 0.3) is 11.1 Å². The Morgan fingerprint density at radius 3 is 2.00 bits per heavy atom. The van der Waals surface area contributed by atoms with E-state index in [-0.39, 0.29) is 11.1 Å². The van der Waals surface area contributed by atoms with E-state index in [1.165, 1.54) is 6.07 Å². The van der Waals surface area contributed by atoms with Crippen LogP contribution in [-0.2, 0) is 12.4 Å². The second-order valence-corrected chi connectivity index (χ2v) is 4.20. The highest BCUT2D eigenvalue weighted by molar-refractivity contribution is 5.69. The number of nitrogen functional groups attached to an aromatic ring is 1. The molecule has 0 unspecified atom stereocenters. The fourth-order valence-corrected chi connectivity index (χ4v) is 1.83. The number of alkyl halides is 6. The van der Waals surface area contributed by atoms with E-state index in [2.05, 4.69) is 4.98 Å². The molecule has 0 aliphatic carbocycles. The van der Waals surface area contributed by atoms with E-state index in [0.717, 1.165) is 24.4 Å². The first kappa shape index (κ1) is 15.1. The third kappa shape index (κ3) is 3.09. The van der Waals surface area contributed by atoms with Crippen LogP contribution in [0.4, 0.5) is 32.2 Å². The van der Waals surface area contributed by atoms with Gasteiger partial charge in [0.1, 0.15) is 5.82 Å². The first-order valence-electron chi connectivity index (χ1n) is 5.60. The Kier molecular flexibility index (Phi) is 3.56. The maximum atomic E-state index is 12.9. The number of hydrogen-bond donors (Lipinski definition) is 1. The Balaban J connectivity index is 2.64. The lowest BCUT2D eigenvalue weighted by molar-refractivity contribution is -0.137. The number of pyridine rings is 1. The van der Waals surface area contributed by atoms with Crippen molar-refractivity contribution >= 4 is 5.82 Å². The van der Waals surface area contributed by atoms with Crippen molar-refractivity contribution in [2.24, 2.45) is 0 Å². The smallest absolute Gasteiger partial charge is 0.383 e. The van der Waals surface area contributed by atoms with Crippen LogP contribution < -0.4 is 5.73 Å². The van der Waals surface area contributed by atoms with Crippen molar-refractivity contribution in [1.29, 1.82) is 0 Å². The molecule has 0 fully saturated rings. The van der Waals surface area contributed by atoms with Crippen molar-refractivity contribution in [2.75, 3.05) is 5.73 Å². The second-order valence-electron chi connectivity index (χ2n) is 4.20. The van der Waals surface area contributed by atoms with Crippen molar-refractivity contribution in [2.45, 2.75) is 12.4 Å². The van der Waals surface area contributed by atoms with Gasteiger partial charge in [-0.3, -0.25) is 0 Å². The molecular weight excluding hydrogens is 298 g/mol. The molecule has 112 valence electrons. The number of nitrogens with zero attached hydrogens (tertiary/aromatic N) is 1. The molecule has 0 saturated heterocycles. The predicted octanol–water partition coefficient (Wildman–Crippen LogP) is 4.37. The summed E-state index contributed by atoms with van der Waals surface area (Å²) in [5.74, 6) is -0.782. The Morgan fingerprint density at radius 2 is 1.43 bits per heavy atom. The molecule has 2 aromatic rings. The number of anilines is 1. The highest BCUT2D eigenvalue weighted by atomic mass is 19.4. The van der Waals surface area contributed by atoms with Crippen LogP contribution in [0.2, 0.25) is 0 Å². The average Bonchev–Trinajstić information content (AvgIpc) is 2.37. The lowest BCUT2D eigenvalue weighted by atomic mass is 9.99. The molecule has 0 aliphatic heterocycles. The van der Waals surface area contributed by atoms with E-state index in [4.69, 9.17) is 5.73 Å². The number of halogens is 6. The van der Waals surface area contributed by atoms with E-state index >= 15 is 0 Å². The number of rotatable bonds is 1. The number of nitrogens with two attached hydrogens (primary N) is 1. The van der Waals surface area contributed by atoms with Crippen LogP contribution >= 0.6 is 0 Å². The van der Waals surface area contributed by atoms with Crippen LogP contribution in [0.3, 0.4) is 0 Å². The summed E-state index contributed by atoms with van der Waals surface area (Å²) in [6.07, 6.45) is -8.59. The average molecular weight is 306 g/mol. The van der Waals surface area contributed by atoms with E-state index < -0.39 is 29.3 Å². The number of hydrogen-bond acceptors (Lipinski definition) is 2. The van der Waals surface area contributed by atoms with Crippen LogP contribution in [0, 0.1) is 0 Å². The third-order valence-corrected chi connectivity index (χ3v) is 2.77. The van der Waals surface area contributed by atoms with Gasteiger partial charge in [-0.2, -0.15) is 26.3 Å². The standard InChI is InChI=1S/C13H8F6N2/c14-12(15,16)9-4-2-1-3-8(9)7-5-10(13(17,18)19)11(20)21-6-7/h1-6H,(H2,20,21).